The van der Waals surface area contributed by atoms with E-state index in [1.807, 2.05) is 60.7 Å². The Morgan fingerprint density at radius 1 is 0.652 bits per heavy atom. The molecule has 0 unspecified atom stereocenters. The predicted molar refractivity (Wildman–Crippen MR) is 92.1 cm³/mol. The highest BCUT2D eigenvalue weighted by Crippen LogP contribution is 2.43. The fourth-order valence-corrected chi connectivity index (χ4v) is 3.59. The van der Waals surface area contributed by atoms with Crippen LogP contribution in [0.4, 0.5) is 0 Å². The molecular weight excluding hydrogens is 282 g/mol. The zero-order valence-corrected chi connectivity index (χ0v) is 12.4. The van der Waals surface area contributed by atoms with Crippen LogP contribution in [-0.2, 0) is 0 Å². The summed E-state index contributed by atoms with van der Waals surface area (Å²) >= 11 is 0. The molecule has 3 aromatic carbocycles. The van der Waals surface area contributed by atoms with Gasteiger partial charge in [-0.25, -0.2) is 0 Å². The maximum atomic E-state index is 12.9. The predicted octanol–water partition coefficient (Wildman–Crippen LogP) is 4.84. The Kier molecular flexibility index (Phi) is 2.39. The van der Waals surface area contributed by atoms with Crippen LogP contribution in [0.5, 0.6) is 0 Å². The number of fused-ring (bicyclic) bond motifs is 5. The summed E-state index contributed by atoms with van der Waals surface area (Å²) in [6.45, 7) is 0. The van der Waals surface area contributed by atoms with Gasteiger partial charge in [0.2, 0.25) is 0 Å². The summed E-state index contributed by atoms with van der Waals surface area (Å²) in [6.07, 6.45) is 0. The molecule has 0 saturated heterocycles. The van der Waals surface area contributed by atoms with Gasteiger partial charge in [0.25, 0.3) is 0 Å². The standard InChI is InChI=1S/C21H13NO/c23-21-16-11-5-4-10-15(16)20-19(21)17-12-6-7-13-18(17)22(20)14-8-2-1-3-9-14/h1-13H. The first-order chi connectivity index (χ1) is 11.4. The number of rotatable bonds is 1. The van der Waals surface area contributed by atoms with E-state index in [-0.39, 0.29) is 5.78 Å². The molecule has 1 aromatic heterocycles. The molecule has 5 rings (SSSR count). The van der Waals surface area contributed by atoms with Crippen molar-refractivity contribution in [2.24, 2.45) is 0 Å². The number of aromatic nitrogens is 1. The van der Waals surface area contributed by atoms with Crippen molar-refractivity contribution in [1.82, 2.24) is 4.57 Å². The summed E-state index contributed by atoms with van der Waals surface area (Å²) < 4.78 is 2.20. The Morgan fingerprint density at radius 3 is 2.13 bits per heavy atom. The third-order valence-electron chi connectivity index (χ3n) is 4.54. The fraction of sp³-hybridized carbons (Fsp3) is 0. The SMILES string of the molecule is O=C1c2ccccc2-c2c1c1ccccc1n2-c1ccccc1. The zero-order chi connectivity index (χ0) is 15.4. The maximum absolute atomic E-state index is 12.9. The number of carbonyl (C=O) groups excluding carboxylic acids is 1. The number of hydrogen-bond acceptors (Lipinski definition) is 1. The van der Waals surface area contributed by atoms with E-state index in [4.69, 9.17) is 0 Å². The van der Waals surface area contributed by atoms with Crippen molar-refractivity contribution in [2.75, 3.05) is 0 Å². The molecule has 0 N–H and O–H groups in total. The topological polar surface area (TPSA) is 22.0 Å². The van der Waals surface area contributed by atoms with Crippen molar-refractivity contribution >= 4 is 16.7 Å². The van der Waals surface area contributed by atoms with Gasteiger partial charge in [-0.3, -0.25) is 4.79 Å². The van der Waals surface area contributed by atoms with Gasteiger partial charge in [0.15, 0.2) is 5.78 Å². The van der Waals surface area contributed by atoms with Crippen LogP contribution in [-0.4, -0.2) is 10.4 Å². The normalized spacial score (nSPS) is 12.4. The highest BCUT2D eigenvalue weighted by molar-refractivity contribution is 6.28. The number of ketones is 1. The summed E-state index contributed by atoms with van der Waals surface area (Å²) in [5.74, 6) is 0.126. The number of hydrogen-bond donors (Lipinski definition) is 0. The molecule has 2 heteroatoms. The van der Waals surface area contributed by atoms with Crippen molar-refractivity contribution in [3.63, 3.8) is 0 Å². The van der Waals surface area contributed by atoms with Crippen LogP contribution in [0.15, 0.2) is 78.9 Å². The van der Waals surface area contributed by atoms with E-state index in [1.165, 1.54) is 0 Å². The summed E-state index contributed by atoms with van der Waals surface area (Å²) in [6, 6.07) is 26.2. The average Bonchev–Trinajstić information content (AvgIpc) is 3.10. The second kappa shape index (κ2) is 4.43. The molecule has 0 amide bonds. The van der Waals surface area contributed by atoms with Gasteiger partial charge in [0, 0.05) is 22.2 Å². The van der Waals surface area contributed by atoms with Gasteiger partial charge < -0.3 is 4.57 Å². The molecular formula is C21H13NO. The van der Waals surface area contributed by atoms with E-state index in [0.29, 0.717) is 0 Å². The van der Waals surface area contributed by atoms with Crippen molar-refractivity contribution in [3.8, 4) is 16.9 Å². The Hall–Kier alpha value is -3.13. The summed E-state index contributed by atoms with van der Waals surface area (Å²) in [7, 11) is 0. The van der Waals surface area contributed by atoms with Gasteiger partial charge in [-0.05, 0) is 18.2 Å². The molecule has 0 atom stereocenters. The molecule has 0 radical (unpaired) electrons. The van der Waals surface area contributed by atoms with Crippen molar-refractivity contribution in [2.45, 2.75) is 0 Å². The van der Waals surface area contributed by atoms with Gasteiger partial charge in [-0.15, -0.1) is 0 Å². The molecule has 0 aliphatic heterocycles. The minimum atomic E-state index is 0.126. The lowest BCUT2D eigenvalue weighted by Gasteiger charge is -2.10. The van der Waals surface area contributed by atoms with E-state index < -0.39 is 0 Å². The second-order valence-electron chi connectivity index (χ2n) is 5.79. The van der Waals surface area contributed by atoms with Crippen LogP contribution >= 0.6 is 0 Å². The fourth-order valence-electron chi connectivity index (χ4n) is 3.59. The van der Waals surface area contributed by atoms with E-state index in [0.717, 1.165) is 39.0 Å². The summed E-state index contributed by atoms with van der Waals surface area (Å²) in [5.41, 5.74) is 5.81. The van der Waals surface area contributed by atoms with E-state index >= 15 is 0 Å². The van der Waals surface area contributed by atoms with Gasteiger partial charge in [0.1, 0.15) is 0 Å². The molecule has 0 fully saturated rings. The van der Waals surface area contributed by atoms with Crippen molar-refractivity contribution in [1.29, 1.82) is 0 Å². The molecule has 1 heterocycles. The lowest BCUT2D eigenvalue weighted by molar-refractivity contribution is 0.104. The minimum Gasteiger partial charge on any atom is -0.308 e. The molecule has 2 nitrogen and oxygen atoms in total. The zero-order valence-electron chi connectivity index (χ0n) is 12.4. The number of nitrogens with zero attached hydrogens (tertiary/aromatic N) is 1. The van der Waals surface area contributed by atoms with Crippen molar-refractivity contribution in [3.05, 3.63) is 90.0 Å². The van der Waals surface area contributed by atoms with Gasteiger partial charge in [0.05, 0.1) is 16.8 Å². The van der Waals surface area contributed by atoms with Crippen LogP contribution < -0.4 is 0 Å². The largest absolute Gasteiger partial charge is 0.308 e. The lowest BCUT2D eigenvalue weighted by Crippen LogP contribution is -1.96. The molecule has 0 spiro atoms. The smallest absolute Gasteiger partial charge is 0.196 e. The first-order valence-electron chi connectivity index (χ1n) is 7.69. The first kappa shape index (κ1) is 12.4. The van der Waals surface area contributed by atoms with Crippen LogP contribution in [0.25, 0.3) is 27.8 Å². The first-order valence-corrected chi connectivity index (χ1v) is 7.69. The Balaban J connectivity index is 2.00. The Bertz CT molecular complexity index is 1070. The number of benzene rings is 3. The molecule has 0 saturated carbocycles. The van der Waals surface area contributed by atoms with Gasteiger partial charge in [-0.1, -0.05) is 60.7 Å². The maximum Gasteiger partial charge on any atom is 0.196 e. The van der Waals surface area contributed by atoms with E-state index in [9.17, 15) is 4.79 Å². The van der Waals surface area contributed by atoms with Crippen LogP contribution in [0.3, 0.4) is 0 Å². The van der Waals surface area contributed by atoms with Crippen molar-refractivity contribution < 1.29 is 4.79 Å². The summed E-state index contributed by atoms with van der Waals surface area (Å²) in [4.78, 5) is 12.9. The molecule has 108 valence electrons. The molecule has 0 bridgehead atoms. The Labute approximate surface area is 133 Å². The van der Waals surface area contributed by atoms with E-state index in [1.54, 1.807) is 0 Å². The minimum absolute atomic E-state index is 0.126. The summed E-state index contributed by atoms with van der Waals surface area (Å²) in [5, 5.41) is 1.02. The average molecular weight is 295 g/mol. The second-order valence-corrected chi connectivity index (χ2v) is 5.79. The number of carbonyl (C=O) groups is 1. The van der Waals surface area contributed by atoms with Crippen LogP contribution in [0, 0.1) is 0 Å². The highest BCUT2D eigenvalue weighted by Gasteiger charge is 2.33. The lowest BCUT2D eigenvalue weighted by atomic mass is 10.1. The van der Waals surface area contributed by atoms with Gasteiger partial charge >= 0.3 is 0 Å². The molecule has 23 heavy (non-hydrogen) atoms. The third kappa shape index (κ3) is 1.55. The number of para-hydroxylation sites is 2. The van der Waals surface area contributed by atoms with Gasteiger partial charge in [-0.2, -0.15) is 0 Å². The molecule has 4 aromatic rings. The molecule has 1 aliphatic carbocycles. The molecule has 1 aliphatic rings. The third-order valence-corrected chi connectivity index (χ3v) is 4.54. The quantitative estimate of drug-likeness (QED) is 0.433. The van der Waals surface area contributed by atoms with Crippen LogP contribution in [0.1, 0.15) is 15.9 Å². The highest BCUT2D eigenvalue weighted by atomic mass is 16.1. The Morgan fingerprint density at radius 2 is 1.30 bits per heavy atom. The monoisotopic (exact) mass is 295 g/mol. The van der Waals surface area contributed by atoms with E-state index in [2.05, 4.69) is 22.8 Å². The van der Waals surface area contributed by atoms with Crippen LogP contribution in [0.2, 0.25) is 0 Å².